The number of halogens is 1. The molecule has 0 amide bonds. The van der Waals surface area contributed by atoms with Crippen LogP contribution in [0.5, 0.6) is 17.2 Å². The number of ether oxygens (including phenoxy) is 3. The Kier molecular flexibility index (Phi) is 6.79. The SMILES string of the molecule is COc1cccc2c1O[C@@H](c1ccc(OCCCN3CCCC3)c(Br)c1)[C@@H](C)S2(=O)=O. The first-order valence-electron chi connectivity index (χ1n) is 10.6. The van der Waals surface area contributed by atoms with Crippen molar-refractivity contribution in [2.24, 2.45) is 0 Å². The summed E-state index contributed by atoms with van der Waals surface area (Å²) in [5, 5.41) is -0.730. The van der Waals surface area contributed by atoms with Crippen LogP contribution in [-0.4, -0.2) is 51.9 Å². The van der Waals surface area contributed by atoms with Gasteiger partial charge in [0.05, 0.1) is 18.2 Å². The number of methoxy groups -OCH3 is 1. The number of sulfone groups is 1. The molecule has 2 aliphatic heterocycles. The number of rotatable bonds is 7. The van der Waals surface area contributed by atoms with E-state index in [9.17, 15) is 8.42 Å². The molecule has 0 saturated carbocycles. The van der Waals surface area contributed by atoms with E-state index in [1.807, 2.05) is 18.2 Å². The Balaban J connectivity index is 1.49. The van der Waals surface area contributed by atoms with Crippen molar-refractivity contribution >= 4 is 25.8 Å². The summed E-state index contributed by atoms with van der Waals surface area (Å²) in [6.45, 7) is 5.76. The Morgan fingerprint density at radius 3 is 2.65 bits per heavy atom. The third-order valence-corrected chi connectivity index (χ3v) is 8.77. The van der Waals surface area contributed by atoms with E-state index >= 15 is 0 Å². The highest BCUT2D eigenvalue weighted by molar-refractivity contribution is 9.10. The lowest BCUT2D eigenvalue weighted by atomic mass is 10.1. The van der Waals surface area contributed by atoms with Crippen LogP contribution in [0, 0.1) is 0 Å². The summed E-state index contributed by atoms with van der Waals surface area (Å²) in [5.74, 6) is 1.43. The van der Waals surface area contributed by atoms with Crippen LogP contribution < -0.4 is 14.2 Å². The normalized spacial score (nSPS) is 22.5. The zero-order valence-corrected chi connectivity index (χ0v) is 20.2. The van der Waals surface area contributed by atoms with Crippen molar-refractivity contribution in [2.45, 2.75) is 42.4 Å². The third-order valence-electron chi connectivity index (χ3n) is 5.99. The van der Waals surface area contributed by atoms with Crippen LogP contribution in [0.2, 0.25) is 0 Å². The molecule has 2 aromatic carbocycles. The van der Waals surface area contributed by atoms with Gasteiger partial charge < -0.3 is 19.1 Å². The molecule has 6 nitrogen and oxygen atoms in total. The third kappa shape index (κ3) is 4.56. The maximum Gasteiger partial charge on any atom is 0.188 e. The topological polar surface area (TPSA) is 65.1 Å². The van der Waals surface area contributed by atoms with Crippen LogP contribution in [-0.2, 0) is 9.84 Å². The number of benzene rings is 2. The molecule has 0 unspecified atom stereocenters. The molecular weight excluding hydrogens is 482 g/mol. The van der Waals surface area contributed by atoms with Crippen molar-refractivity contribution in [3.63, 3.8) is 0 Å². The molecular formula is C23H28BrNO5S. The van der Waals surface area contributed by atoms with Gasteiger partial charge in [0.15, 0.2) is 21.3 Å². The summed E-state index contributed by atoms with van der Waals surface area (Å²) < 4.78 is 44.5. The van der Waals surface area contributed by atoms with Crippen molar-refractivity contribution in [1.82, 2.24) is 4.90 Å². The Hall–Kier alpha value is -1.77. The molecule has 0 N–H and O–H groups in total. The second kappa shape index (κ2) is 9.38. The van der Waals surface area contributed by atoms with Crippen LogP contribution in [0.1, 0.15) is 37.9 Å². The van der Waals surface area contributed by atoms with Gasteiger partial charge >= 0.3 is 0 Å². The fourth-order valence-corrected chi connectivity index (χ4v) is 6.33. The van der Waals surface area contributed by atoms with Crippen LogP contribution in [0.15, 0.2) is 45.8 Å². The maximum atomic E-state index is 13.1. The molecule has 2 atom stereocenters. The van der Waals surface area contributed by atoms with E-state index in [1.54, 1.807) is 25.1 Å². The molecule has 168 valence electrons. The fourth-order valence-electron chi connectivity index (χ4n) is 4.21. The lowest BCUT2D eigenvalue weighted by molar-refractivity contribution is 0.180. The molecule has 2 heterocycles. The Labute approximate surface area is 192 Å². The molecule has 1 saturated heterocycles. The van der Waals surface area contributed by atoms with E-state index in [0.717, 1.165) is 28.8 Å². The molecule has 0 aliphatic carbocycles. The van der Waals surface area contributed by atoms with Gasteiger partial charge in [0.1, 0.15) is 22.0 Å². The van der Waals surface area contributed by atoms with Gasteiger partial charge in [-0.15, -0.1) is 0 Å². The summed E-state index contributed by atoms with van der Waals surface area (Å²) in [7, 11) is -2.05. The van der Waals surface area contributed by atoms with Crippen molar-refractivity contribution in [3.05, 3.63) is 46.4 Å². The highest BCUT2D eigenvalue weighted by Crippen LogP contribution is 2.46. The summed E-state index contributed by atoms with van der Waals surface area (Å²) in [6, 6.07) is 10.6. The first-order chi connectivity index (χ1) is 14.9. The number of fused-ring (bicyclic) bond motifs is 1. The Morgan fingerprint density at radius 1 is 1.16 bits per heavy atom. The van der Waals surface area contributed by atoms with Crippen LogP contribution in [0.25, 0.3) is 0 Å². The molecule has 0 aromatic heterocycles. The Morgan fingerprint density at radius 2 is 1.94 bits per heavy atom. The number of hydrogen-bond donors (Lipinski definition) is 0. The van der Waals surface area contributed by atoms with E-state index in [2.05, 4.69) is 20.8 Å². The van der Waals surface area contributed by atoms with Crippen LogP contribution in [0.3, 0.4) is 0 Å². The summed E-state index contributed by atoms with van der Waals surface area (Å²) in [5.41, 5.74) is 0.768. The average molecular weight is 510 g/mol. The lowest BCUT2D eigenvalue weighted by Crippen LogP contribution is -2.34. The predicted octanol–water partition coefficient (Wildman–Crippen LogP) is 4.62. The molecule has 0 spiro atoms. The average Bonchev–Trinajstić information content (AvgIpc) is 3.28. The number of hydrogen-bond acceptors (Lipinski definition) is 6. The van der Waals surface area contributed by atoms with Crippen LogP contribution in [0.4, 0.5) is 0 Å². The number of para-hydroxylation sites is 1. The molecule has 2 aromatic rings. The standard InChI is InChI=1S/C23H28BrNO5S/c1-16-22(30-23-20(28-2)7-5-8-21(23)31(16,26)27)17-9-10-19(18(24)15-17)29-14-6-13-25-11-3-4-12-25/h5,7-10,15-16,22H,3-4,6,11-14H2,1-2H3/t16-,22-/m1/s1. The van der Waals surface area contributed by atoms with E-state index in [4.69, 9.17) is 14.2 Å². The molecule has 0 bridgehead atoms. The molecule has 1 fully saturated rings. The maximum absolute atomic E-state index is 13.1. The second-order valence-corrected chi connectivity index (χ2v) is 11.1. The van der Waals surface area contributed by atoms with E-state index in [1.165, 1.54) is 33.0 Å². The fraction of sp³-hybridized carbons (Fsp3) is 0.478. The number of likely N-dealkylation sites (tertiary alicyclic amines) is 1. The highest BCUT2D eigenvalue weighted by atomic mass is 79.9. The van der Waals surface area contributed by atoms with Gasteiger partial charge in [0.25, 0.3) is 0 Å². The van der Waals surface area contributed by atoms with Crippen molar-refractivity contribution < 1.29 is 22.6 Å². The van der Waals surface area contributed by atoms with Gasteiger partial charge in [-0.05, 0) is 85.0 Å². The van der Waals surface area contributed by atoms with Gasteiger partial charge in [0.2, 0.25) is 0 Å². The van der Waals surface area contributed by atoms with E-state index in [-0.39, 0.29) is 10.6 Å². The molecule has 31 heavy (non-hydrogen) atoms. The molecule has 8 heteroatoms. The summed E-state index contributed by atoms with van der Waals surface area (Å²) >= 11 is 3.58. The largest absolute Gasteiger partial charge is 0.493 e. The molecule has 0 radical (unpaired) electrons. The van der Waals surface area contributed by atoms with Gasteiger partial charge in [-0.25, -0.2) is 8.42 Å². The Bertz CT molecular complexity index is 1040. The van der Waals surface area contributed by atoms with Crippen molar-refractivity contribution in [3.8, 4) is 17.2 Å². The smallest absolute Gasteiger partial charge is 0.188 e. The first-order valence-corrected chi connectivity index (χ1v) is 13.0. The van der Waals surface area contributed by atoms with Gasteiger partial charge in [0, 0.05) is 6.54 Å². The van der Waals surface area contributed by atoms with Gasteiger partial charge in [-0.2, -0.15) is 0 Å². The minimum absolute atomic E-state index is 0.174. The van der Waals surface area contributed by atoms with Crippen molar-refractivity contribution in [2.75, 3.05) is 33.4 Å². The quantitative estimate of drug-likeness (QED) is 0.507. The van der Waals surface area contributed by atoms with Crippen LogP contribution >= 0.6 is 15.9 Å². The van der Waals surface area contributed by atoms with E-state index in [0.29, 0.717) is 12.4 Å². The molecule has 4 rings (SSSR count). The zero-order valence-electron chi connectivity index (χ0n) is 17.8. The first kappa shape index (κ1) is 22.4. The van der Waals surface area contributed by atoms with Crippen molar-refractivity contribution in [1.29, 1.82) is 0 Å². The predicted molar refractivity (Wildman–Crippen MR) is 123 cm³/mol. The monoisotopic (exact) mass is 509 g/mol. The zero-order chi connectivity index (χ0) is 22.0. The number of nitrogens with zero attached hydrogens (tertiary/aromatic N) is 1. The minimum atomic E-state index is -3.56. The molecule has 2 aliphatic rings. The summed E-state index contributed by atoms with van der Waals surface area (Å²) in [4.78, 5) is 2.64. The summed E-state index contributed by atoms with van der Waals surface area (Å²) in [6.07, 6.45) is 2.92. The highest BCUT2D eigenvalue weighted by Gasteiger charge is 2.41. The minimum Gasteiger partial charge on any atom is -0.493 e. The van der Waals surface area contributed by atoms with Gasteiger partial charge in [-0.1, -0.05) is 12.1 Å². The second-order valence-electron chi connectivity index (χ2n) is 8.02. The van der Waals surface area contributed by atoms with Gasteiger partial charge in [-0.3, -0.25) is 0 Å². The lowest BCUT2D eigenvalue weighted by Gasteiger charge is -2.32. The van der Waals surface area contributed by atoms with E-state index < -0.39 is 21.2 Å².